The minimum Gasteiger partial charge on any atom is -0.366 e. The smallest absolute Gasteiger partial charge is 0.264 e. The van der Waals surface area contributed by atoms with Crippen LogP contribution < -0.4 is 10.5 Å². The molecular weight excluding hydrogens is 435 g/mol. The van der Waals surface area contributed by atoms with Crippen LogP contribution in [-0.4, -0.2) is 56.3 Å². The van der Waals surface area contributed by atoms with Gasteiger partial charge >= 0.3 is 0 Å². The number of piperazine rings is 1. The maximum atomic E-state index is 14.0. The van der Waals surface area contributed by atoms with Gasteiger partial charge in [0.1, 0.15) is 11.2 Å². The molecule has 174 valence electrons. The van der Waals surface area contributed by atoms with E-state index in [0.717, 1.165) is 11.3 Å². The lowest BCUT2D eigenvalue weighted by Gasteiger charge is -2.36. The lowest BCUT2D eigenvalue weighted by atomic mass is 10.2. The number of amides is 1. The number of halogens is 1. The average Bonchev–Trinajstić information content (AvgIpc) is 3.29. The minimum absolute atomic E-state index is 0.0319. The maximum absolute atomic E-state index is 14.0. The van der Waals surface area contributed by atoms with Crippen LogP contribution in [0.25, 0.3) is 16.7 Å². The lowest BCUT2D eigenvalue weighted by Crippen LogP contribution is -2.49. The summed E-state index contributed by atoms with van der Waals surface area (Å²) >= 11 is 0. The Bertz CT molecular complexity index is 1390. The van der Waals surface area contributed by atoms with Crippen molar-refractivity contribution in [3.8, 4) is 5.69 Å². The molecule has 4 aromatic rings. The van der Waals surface area contributed by atoms with Gasteiger partial charge in [0, 0.05) is 39.1 Å². The molecule has 0 atom stereocenters. The molecule has 9 heteroatoms. The molecule has 5 rings (SSSR count). The summed E-state index contributed by atoms with van der Waals surface area (Å²) in [5, 5.41) is 4.75. The van der Waals surface area contributed by atoms with Crippen molar-refractivity contribution in [2.45, 2.75) is 19.9 Å². The number of fused-ring (bicyclic) bond motifs is 1. The quantitative estimate of drug-likeness (QED) is 0.458. The molecule has 0 aliphatic carbocycles. The van der Waals surface area contributed by atoms with E-state index < -0.39 is 0 Å². The summed E-state index contributed by atoms with van der Waals surface area (Å²) in [5.74, 6) is -0.286. The number of hydrogen-bond donors (Lipinski definition) is 0. The number of anilines is 1. The van der Waals surface area contributed by atoms with Gasteiger partial charge in [-0.15, -0.1) is 0 Å². The molecule has 8 nitrogen and oxygen atoms in total. The third kappa shape index (κ3) is 4.16. The van der Waals surface area contributed by atoms with E-state index in [1.165, 1.54) is 23.2 Å². The minimum atomic E-state index is -0.254. The van der Waals surface area contributed by atoms with Gasteiger partial charge in [-0.3, -0.25) is 14.2 Å². The number of aryl methyl sites for hydroxylation is 2. The van der Waals surface area contributed by atoms with Crippen LogP contribution in [0.1, 0.15) is 12.0 Å². The third-order valence-corrected chi connectivity index (χ3v) is 6.23. The van der Waals surface area contributed by atoms with Gasteiger partial charge in [-0.05, 0) is 31.2 Å². The topological polar surface area (TPSA) is 76.3 Å². The molecule has 0 radical (unpaired) electrons. The van der Waals surface area contributed by atoms with Gasteiger partial charge in [0.2, 0.25) is 5.91 Å². The van der Waals surface area contributed by atoms with Gasteiger partial charge in [-0.1, -0.05) is 29.8 Å². The zero-order valence-electron chi connectivity index (χ0n) is 18.9. The summed E-state index contributed by atoms with van der Waals surface area (Å²) in [7, 11) is 0. The largest absolute Gasteiger partial charge is 0.366 e. The Kier molecular flexibility index (Phi) is 5.83. The van der Waals surface area contributed by atoms with Crippen LogP contribution in [-0.2, 0) is 11.3 Å². The normalized spacial score (nSPS) is 14.1. The third-order valence-electron chi connectivity index (χ3n) is 6.23. The van der Waals surface area contributed by atoms with E-state index in [4.69, 9.17) is 0 Å². The first-order chi connectivity index (χ1) is 16.5. The number of benzene rings is 2. The fourth-order valence-corrected chi connectivity index (χ4v) is 4.26. The molecule has 1 amide bonds. The van der Waals surface area contributed by atoms with Crippen molar-refractivity contribution < 1.29 is 9.18 Å². The fourth-order valence-electron chi connectivity index (χ4n) is 4.26. The molecule has 34 heavy (non-hydrogen) atoms. The van der Waals surface area contributed by atoms with E-state index >= 15 is 0 Å². The predicted octanol–water partition coefficient (Wildman–Crippen LogP) is 2.77. The molecule has 3 heterocycles. The van der Waals surface area contributed by atoms with Crippen LogP contribution in [0.15, 0.2) is 65.8 Å². The van der Waals surface area contributed by atoms with Gasteiger partial charge in [-0.25, -0.2) is 14.1 Å². The van der Waals surface area contributed by atoms with E-state index in [2.05, 4.69) is 10.1 Å². The van der Waals surface area contributed by atoms with Gasteiger partial charge < -0.3 is 9.80 Å². The molecule has 0 bridgehead atoms. The summed E-state index contributed by atoms with van der Waals surface area (Å²) in [4.78, 5) is 33.9. The summed E-state index contributed by atoms with van der Waals surface area (Å²) in [6.07, 6.45) is 3.18. The van der Waals surface area contributed by atoms with E-state index in [-0.39, 0.29) is 30.2 Å². The molecule has 0 spiro atoms. The maximum Gasteiger partial charge on any atom is 0.264 e. The molecule has 2 aromatic heterocycles. The van der Waals surface area contributed by atoms with Crippen LogP contribution in [0.4, 0.5) is 10.1 Å². The van der Waals surface area contributed by atoms with E-state index in [1.807, 2.05) is 42.2 Å². The second kappa shape index (κ2) is 9.09. The predicted molar refractivity (Wildman–Crippen MR) is 128 cm³/mol. The zero-order chi connectivity index (χ0) is 23.7. The van der Waals surface area contributed by atoms with E-state index in [1.54, 1.807) is 21.7 Å². The summed E-state index contributed by atoms with van der Waals surface area (Å²) in [6.45, 7) is 4.41. The Balaban J connectivity index is 1.23. The first-order valence-electron chi connectivity index (χ1n) is 11.3. The van der Waals surface area contributed by atoms with Crippen molar-refractivity contribution in [3.63, 3.8) is 0 Å². The van der Waals surface area contributed by atoms with Gasteiger partial charge in [0.25, 0.3) is 5.56 Å². The highest BCUT2D eigenvalue weighted by molar-refractivity contribution is 5.77. The highest BCUT2D eigenvalue weighted by atomic mass is 19.1. The van der Waals surface area contributed by atoms with Crippen LogP contribution in [0.3, 0.4) is 0 Å². The zero-order valence-corrected chi connectivity index (χ0v) is 18.9. The Labute approximate surface area is 195 Å². The molecule has 1 fully saturated rings. The first-order valence-corrected chi connectivity index (χ1v) is 11.3. The highest BCUT2D eigenvalue weighted by Gasteiger charge is 2.22. The van der Waals surface area contributed by atoms with Crippen molar-refractivity contribution in [1.29, 1.82) is 0 Å². The van der Waals surface area contributed by atoms with Crippen LogP contribution in [0.2, 0.25) is 0 Å². The Morgan fingerprint density at radius 3 is 2.50 bits per heavy atom. The Morgan fingerprint density at radius 1 is 1.03 bits per heavy atom. The fraction of sp³-hybridized carbons (Fsp3) is 0.280. The second-order valence-electron chi connectivity index (χ2n) is 8.44. The van der Waals surface area contributed by atoms with Crippen LogP contribution >= 0.6 is 0 Å². The van der Waals surface area contributed by atoms with Crippen LogP contribution in [0.5, 0.6) is 0 Å². The number of aromatic nitrogens is 4. The molecule has 1 saturated heterocycles. The standard InChI is InChI=1S/C25H25FN6O2/c1-18-6-8-19(9-7-18)32-24-20(16-28-32)25(34)31(17-27-24)11-10-23(33)30-14-12-29(13-15-30)22-5-3-2-4-21(22)26/h2-9,16-17H,10-15H2,1H3. The van der Waals surface area contributed by atoms with Crippen LogP contribution in [0, 0.1) is 12.7 Å². The summed E-state index contributed by atoms with van der Waals surface area (Å²) in [5.41, 5.74) is 2.79. The number of nitrogens with zero attached hydrogens (tertiary/aromatic N) is 6. The van der Waals surface area contributed by atoms with Crippen molar-refractivity contribution in [2.75, 3.05) is 31.1 Å². The molecule has 0 N–H and O–H groups in total. The molecule has 1 aliphatic heterocycles. The van der Waals surface area contributed by atoms with Gasteiger partial charge in [-0.2, -0.15) is 5.10 Å². The summed E-state index contributed by atoms with van der Waals surface area (Å²) < 4.78 is 17.1. The van der Waals surface area contributed by atoms with Gasteiger partial charge in [0.15, 0.2) is 5.65 Å². The number of hydrogen-bond acceptors (Lipinski definition) is 5. The average molecular weight is 461 g/mol. The molecule has 1 aliphatic rings. The molecule has 2 aromatic carbocycles. The second-order valence-corrected chi connectivity index (χ2v) is 8.44. The Hall–Kier alpha value is -4.01. The number of rotatable bonds is 5. The van der Waals surface area contributed by atoms with E-state index in [0.29, 0.717) is 42.9 Å². The lowest BCUT2D eigenvalue weighted by molar-refractivity contribution is -0.131. The van der Waals surface area contributed by atoms with Crippen molar-refractivity contribution >= 4 is 22.6 Å². The number of para-hydroxylation sites is 1. The van der Waals surface area contributed by atoms with Gasteiger partial charge in [0.05, 0.1) is 23.9 Å². The van der Waals surface area contributed by atoms with Crippen molar-refractivity contribution in [1.82, 2.24) is 24.2 Å². The molecule has 0 saturated carbocycles. The molecular formula is C25H25FN6O2. The SMILES string of the molecule is Cc1ccc(-n2ncc3c(=O)n(CCC(=O)N4CCN(c5ccccc5F)CC4)cnc32)cc1. The molecule has 0 unspecified atom stereocenters. The highest BCUT2D eigenvalue weighted by Crippen LogP contribution is 2.20. The van der Waals surface area contributed by atoms with Crippen molar-refractivity contribution in [2.24, 2.45) is 0 Å². The van der Waals surface area contributed by atoms with E-state index in [9.17, 15) is 14.0 Å². The number of carbonyl (C=O) groups excluding carboxylic acids is 1. The van der Waals surface area contributed by atoms with Crippen molar-refractivity contribution in [3.05, 3.63) is 82.8 Å². The summed E-state index contributed by atoms with van der Waals surface area (Å²) in [6, 6.07) is 14.5. The monoisotopic (exact) mass is 460 g/mol. The Morgan fingerprint density at radius 2 is 1.76 bits per heavy atom. The number of carbonyl (C=O) groups is 1. The first kappa shape index (κ1) is 21.8.